The summed E-state index contributed by atoms with van der Waals surface area (Å²) in [6.07, 6.45) is 2.76. The van der Waals surface area contributed by atoms with Crippen molar-refractivity contribution in [1.82, 2.24) is 15.2 Å². The van der Waals surface area contributed by atoms with E-state index in [9.17, 15) is 0 Å². The molecular formula is C15H19N5. The van der Waals surface area contributed by atoms with Crippen LogP contribution >= 0.6 is 0 Å². The zero-order chi connectivity index (χ0) is 14.1. The second-order valence-corrected chi connectivity index (χ2v) is 5.49. The number of para-hydroxylation sites is 1. The molecule has 0 aliphatic carbocycles. The quantitative estimate of drug-likeness (QED) is 0.928. The third-order valence-corrected chi connectivity index (χ3v) is 3.42. The standard InChI is InChI=1S/C15H19N5/c1-10(2)17-15-18-14(9-16-19-15)20-11(3)8-12-6-4-5-7-13(12)20/h4-7,9-11H,8H2,1-3H3,(H,17,18,19). The molecular weight excluding hydrogens is 250 g/mol. The summed E-state index contributed by atoms with van der Waals surface area (Å²) >= 11 is 0. The molecule has 3 rings (SSSR count). The summed E-state index contributed by atoms with van der Waals surface area (Å²) in [6.45, 7) is 6.32. The van der Waals surface area contributed by atoms with Crippen molar-refractivity contribution in [2.45, 2.75) is 39.3 Å². The van der Waals surface area contributed by atoms with Crippen molar-refractivity contribution < 1.29 is 0 Å². The highest BCUT2D eigenvalue weighted by atomic mass is 15.3. The van der Waals surface area contributed by atoms with E-state index in [1.165, 1.54) is 11.3 Å². The Balaban J connectivity index is 1.97. The molecule has 1 atom stereocenters. The lowest BCUT2D eigenvalue weighted by Gasteiger charge is -2.23. The van der Waals surface area contributed by atoms with Gasteiger partial charge in [0.05, 0.1) is 6.20 Å². The van der Waals surface area contributed by atoms with Gasteiger partial charge in [0.2, 0.25) is 5.95 Å². The molecule has 1 aromatic heterocycles. The lowest BCUT2D eigenvalue weighted by Crippen LogP contribution is -2.25. The van der Waals surface area contributed by atoms with E-state index in [0.717, 1.165) is 12.2 Å². The van der Waals surface area contributed by atoms with Crippen molar-refractivity contribution >= 4 is 17.5 Å². The zero-order valence-corrected chi connectivity index (χ0v) is 12.0. The molecule has 0 spiro atoms. The Hall–Kier alpha value is -2.17. The van der Waals surface area contributed by atoms with Crippen LogP contribution in [0.5, 0.6) is 0 Å². The second kappa shape index (κ2) is 5.07. The fourth-order valence-corrected chi connectivity index (χ4v) is 2.64. The van der Waals surface area contributed by atoms with Gasteiger partial charge in [-0.25, -0.2) is 0 Å². The number of anilines is 3. The SMILES string of the molecule is CC(C)Nc1nncc(N2c3ccccc3CC2C)n1. The normalized spacial score (nSPS) is 17.4. The maximum absolute atomic E-state index is 4.59. The largest absolute Gasteiger partial charge is 0.351 e. The topological polar surface area (TPSA) is 53.9 Å². The Labute approximate surface area is 119 Å². The first-order valence-electron chi connectivity index (χ1n) is 6.98. The van der Waals surface area contributed by atoms with Crippen LogP contribution in [0.4, 0.5) is 17.5 Å². The fourth-order valence-electron chi connectivity index (χ4n) is 2.64. The molecule has 1 aromatic carbocycles. The Morgan fingerprint density at radius 2 is 2.10 bits per heavy atom. The Bertz CT molecular complexity index is 611. The van der Waals surface area contributed by atoms with E-state index >= 15 is 0 Å². The summed E-state index contributed by atoms with van der Waals surface area (Å²) in [4.78, 5) is 6.82. The van der Waals surface area contributed by atoms with E-state index in [4.69, 9.17) is 0 Å². The molecule has 0 saturated heterocycles. The van der Waals surface area contributed by atoms with Crippen LogP contribution in [-0.2, 0) is 6.42 Å². The van der Waals surface area contributed by atoms with Crippen LogP contribution in [-0.4, -0.2) is 27.3 Å². The van der Waals surface area contributed by atoms with Crippen LogP contribution in [0.3, 0.4) is 0 Å². The molecule has 1 N–H and O–H groups in total. The number of hydrogen-bond donors (Lipinski definition) is 1. The van der Waals surface area contributed by atoms with Crippen molar-refractivity contribution in [3.63, 3.8) is 0 Å². The summed E-state index contributed by atoms with van der Waals surface area (Å²) in [5, 5.41) is 11.3. The van der Waals surface area contributed by atoms with Gasteiger partial charge in [0.25, 0.3) is 0 Å². The second-order valence-electron chi connectivity index (χ2n) is 5.49. The number of hydrogen-bond acceptors (Lipinski definition) is 5. The summed E-state index contributed by atoms with van der Waals surface area (Å²) in [5.41, 5.74) is 2.58. The van der Waals surface area contributed by atoms with E-state index < -0.39 is 0 Å². The van der Waals surface area contributed by atoms with Crippen LogP contribution < -0.4 is 10.2 Å². The van der Waals surface area contributed by atoms with E-state index in [2.05, 4.69) is 70.4 Å². The third kappa shape index (κ3) is 2.31. The Morgan fingerprint density at radius 3 is 2.90 bits per heavy atom. The molecule has 1 aliphatic rings. The summed E-state index contributed by atoms with van der Waals surface area (Å²) in [6, 6.07) is 9.13. The molecule has 2 heterocycles. The van der Waals surface area contributed by atoms with Gasteiger partial charge < -0.3 is 10.2 Å². The van der Waals surface area contributed by atoms with Crippen LogP contribution in [0, 0.1) is 0 Å². The summed E-state index contributed by atoms with van der Waals surface area (Å²) in [7, 11) is 0. The van der Waals surface area contributed by atoms with Crippen molar-refractivity contribution in [3.8, 4) is 0 Å². The van der Waals surface area contributed by atoms with Crippen LogP contribution in [0.25, 0.3) is 0 Å². The van der Waals surface area contributed by atoms with Gasteiger partial charge in [-0.2, -0.15) is 10.1 Å². The molecule has 1 unspecified atom stereocenters. The molecule has 0 amide bonds. The monoisotopic (exact) mass is 269 g/mol. The van der Waals surface area contributed by atoms with E-state index in [1.54, 1.807) is 6.20 Å². The first kappa shape index (κ1) is 12.8. The number of benzene rings is 1. The summed E-state index contributed by atoms with van der Waals surface area (Å²) in [5.74, 6) is 1.43. The van der Waals surface area contributed by atoms with Crippen LogP contribution in [0.1, 0.15) is 26.3 Å². The van der Waals surface area contributed by atoms with Gasteiger partial charge >= 0.3 is 0 Å². The minimum Gasteiger partial charge on any atom is -0.351 e. The van der Waals surface area contributed by atoms with Gasteiger partial charge in [0.1, 0.15) is 0 Å². The average Bonchev–Trinajstić information content (AvgIpc) is 2.74. The number of nitrogens with one attached hydrogen (secondary N) is 1. The molecule has 1 aliphatic heterocycles. The lowest BCUT2D eigenvalue weighted by molar-refractivity contribution is 0.742. The molecule has 20 heavy (non-hydrogen) atoms. The molecule has 5 heteroatoms. The predicted molar refractivity (Wildman–Crippen MR) is 80.3 cm³/mol. The predicted octanol–water partition coefficient (Wildman–Crippen LogP) is 2.77. The van der Waals surface area contributed by atoms with Gasteiger partial charge in [-0.3, -0.25) is 0 Å². The maximum atomic E-state index is 4.59. The van der Waals surface area contributed by atoms with E-state index in [0.29, 0.717) is 12.0 Å². The van der Waals surface area contributed by atoms with Crippen LogP contribution in [0.2, 0.25) is 0 Å². The Morgan fingerprint density at radius 1 is 1.30 bits per heavy atom. The minimum absolute atomic E-state index is 0.287. The summed E-state index contributed by atoms with van der Waals surface area (Å²) < 4.78 is 0. The molecule has 104 valence electrons. The first-order valence-corrected chi connectivity index (χ1v) is 6.98. The highest BCUT2D eigenvalue weighted by Crippen LogP contribution is 2.36. The number of fused-ring (bicyclic) bond motifs is 1. The number of aromatic nitrogens is 3. The first-order chi connectivity index (χ1) is 9.65. The Kier molecular flexibility index (Phi) is 3.26. The van der Waals surface area contributed by atoms with Gasteiger partial charge in [-0.05, 0) is 38.8 Å². The lowest BCUT2D eigenvalue weighted by atomic mass is 10.1. The van der Waals surface area contributed by atoms with Crippen molar-refractivity contribution in [1.29, 1.82) is 0 Å². The zero-order valence-electron chi connectivity index (χ0n) is 12.0. The van der Waals surface area contributed by atoms with Gasteiger partial charge in [0.15, 0.2) is 5.82 Å². The smallest absolute Gasteiger partial charge is 0.244 e. The van der Waals surface area contributed by atoms with Crippen LogP contribution in [0.15, 0.2) is 30.5 Å². The molecule has 0 bridgehead atoms. The molecule has 0 saturated carbocycles. The van der Waals surface area contributed by atoms with Gasteiger partial charge in [-0.15, -0.1) is 5.10 Å². The number of nitrogens with zero attached hydrogens (tertiary/aromatic N) is 4. The molecule has 0 fully saturated rings. The molecule has 0 radical (unpaired) electrons. The maximum Gasteiger partial charge on any atom is 0.244 e. The van der Waals surface area contributed by atoms with Gasteiger partial charge in [0, 0.05) is 17.8 Å². The average molecular weight is 269 g/mol. The highest BCUT2D eigenvalue weighted by Gasteiger charge is 2.28. The van der Waals surface area contributed by atoms with Gasteiger partial charge in [-0.1, -0.05) is 18.2 Å². The van der Waals surface area contributed by atoms with Crippen molar-refractivity contribution in [2.75, 3.05) is 10.2 Å². The third-order valence-electron chi connectivity index (χ3n) is 3.42. The molecule has 2 aromatic rings. The fraction of sp³-hybridized carbons (Fsp3) is 0.400. The van der Waals surface area contributed by atoms with E-state index in [1.807, 2.05) is 0 Å². The van der Waals surface area contributed by atoms with E-state index in [-0.39, 0.29) is 6.04 Å². The highest BCUT2D eigenvalue weighted by molar-refractivity contribution is 5.68. The van der Waals surface area contributed by atoms with Crippen molar-refractivity contribution in [2.24, 2.45) is 0 Å². The van der Waals surface area contributed by atoms with Crippen molar-refractivity contribution in [3.05, 3.63) is 36.0 Å². The minimum atomic E-state index is 0.287. The molecule has 5 nitrogen and oxygen atoms in total. The number of rotatable bonds is 3.